The summed E-state index contributed by atoms with van der Waals surface area (Å²) < 4.78 is 15.6. The molecule has 0 aliphatic rings. The number of esters is 3. The maximum Gasteiger partial charge on any atom is 0.306 e. The summed E-state index contributed by atoms with van der Waals surface area (Å²) in [6.45, 7) is 6.84. The van der Waals surface area contributed by atoms with Gasteiger partial charge in [0.1, 0.15) is 6.10 Å². The number of ether oxygens (including phenoxy) is 3. The Morgan fingerprint density at radius 2 is 0.978 bits per heavy atom. The first-order chi connectivity index (χ1) is 22.2. The number of hydrogen-bond donors (Lipinski definition) is 3. The van der Waals surface area contributed by atoms with Crippen LogP contribution in [0.15, 0.2) is 0 Å². The predicted molar refractivity (Wildman–Crippen MR) is 178 cm³/mol. The second-order valence-electron chi connectivity index (χ2n) is 12.0. The molecule has 0 bridgehead atoms. The van der Waals surface area contributed by atoms with Crippen LogP contribution in [-0.2, 0) is 38.2 Å². The van der Waals surface area contributed by atoms with E-state index in [1.807, 2.05) is 13.8 Å². The second-order valence-corrected chi connectivity index (χ2v) is 12.0. The number of unbranched alkanes of at least 4 members (excludes halogenated alkanes) is 9. The molecule has 0 aliphatic carbocycles. The molecule has 0 aromatic heterocycles. The molecule has 0 saturated heterocycles. The molecule has 11 heteroatoms. The normalized spacial score (nSPS) is 12.2. The first-order valence-corrected chi connectivity index (χ1v) is 18.0. The zero-order valence-electron chi connectivity index (χ0n) is 29.0. The van der Waals surface area contributed by atoms with Crippen LogP contribution >= 0.6 is 0 Å². The van der Waals surface area contributed by atoms with Gasteiger partial charge in [-0.05, 0) is 51.4 Å². The van der Waals surface area contributed by atoms with Crippen molar-refractivity contribution < 1.29 is 43.3 Å². The molecule has 0 radical (unpaired) electrons. The van der Waals surface area contributed by atoms with E-state index in [9.17, 15) is 29.1 Å². The SMILES string of the molecule is CCCCCC(OC(=O)CCCC(=O)OCCC)C(O)CCCCCCCCCCC(=O)NCNC(=O)CCCC(=O)OCCC. The summed E-state index contributed by atoms with van der Waals surface area (Å²) in [4.78, 5) is 59.2. The van der Waals surface area contributed by atoms with Crippen molar-refractivity contribution in [3.05, 3.63) is 0 Å². The summed E-state index contributed by atoms with van der Waals surface area (Å²) in [5.41, 5.74) is 0. The Bertz CT molecular complexity index is 822. The van der Waals surface area contributed by atoms with Crippen molar-refractivity contribution in [2.24, 2.45) is 0 Å². The largest absolute Gasteiger partial charge is 0.466 e. The lowest BCUT2D eigenvalue weighted by Crippen LogP contribution is -2.37. The Morgan fingerprint density at radius 1 is 0.522 bits per heavy atom. The second kappa shape index (κ2) is 30.9. The van der Waals surface area contributed by atoms with Crippen molar-refractivity contribution in [2.75, 3.05) is 19.9 Å². The molecule has 0 aromatic carbocycles. The summed E-state index contributed by atoms with van der Waals surface area (Å²) in [5.74, 6) is -1.26. The van der Waals surface area contributed by atoms with Crippen LogP contribution in [0, 0.1) is 0 Å². The number of carbonyl (C=O) groups excluding carboxylic acids is 5. The van der Waals surface area contributed by atoms with Gasteiger partial charge in [-0.15, -0.1) is 0 Å². The van der Waals surface area contributed by atoms with Gasteiger partial charge in [0.15, 0.2) is 0 Å². The van der Waals surface area contributed by atoms with Gasteiger partial charge in [0.2, 0.25) is 11.8 Å². The molecule has 0 saturated carbocycles. The fourth-order valence-electron chi connectivity index (χ4n) is 4.80. The Balaban J connectivity index is 3.92. The summed E-state index contributed by atoms with van der Waals surface area (Å²) in [6, 6.07) is 0. The van der Waals surface area contributed by atoms with Gasteiger partial charge in [-0.2, -0.15) is 0 Å². The fraction of sp³-hybridized carbons (Fsp3) is 0.857. The van der Waals surface area contributed by atoms with Crippen molar-refractivity contribution in [1.82, 2.24) is 10.6 Å². The van der Waals surface area contributed by atoms with Gasteiger partial charge in [0.25, 0.3) is 0 Å². The third-order valence-corrected chi connectivity index (χ3v) is 7.51. The van der Waals surface area contributed by atoms with Crippen molar-refractivity contribution in [2.45, 2.75) is 174 Å². The third-order valence-electron chi connectivity index (χ3n) is 7.51. The number of nitrogens with one attached hydrogen (secondary N) is 2. The third kappa shape index (κ3) is 27.6. The molecule has 3 N–H and O–H groups in total. The monoisotopic (exact) mass is 656 g/mol. The number of aliphatic hydroxyl groups excluding tert-OH is 1. The smallest absolute Gasteiger partial charge is 0.306 e. The molecule has 11 nitrogen and oxygen atoms in total. The molecule has 2 unspecified atom stereocenters. The summed E-state index contributed by atoms with van der Waals surface area (Å²) >= 11 is 0. The molecule has 0 heterocycles. The molecule has 2 atom stereocenters. The van der Waals surface area contributed by atoms with E-state index in [-0.39, 0.29) is 62.1 Å². The Morgan fingerprint density at radius 3 is 1.52 bits per heavy atom. The highest BCUT2D eigenvalue weighted by Crippen LogP contribution is 2.18. The van der Waals surface area contributed by atoms with Crippen molar-refractivity contribution in [3.63, 3.8) is 0 Å². The van der Waals surface area contributed by atoms with E-state index in [4.69, 9.17) is 14.2 Å². The maximum atomic E-state index is 12.4. The van der Waals surface area contributed by atoms with E-state index in [1.165, 1.54) is 0 Å². The van der Waals surface area contributed by atoms with E-state index < -0.39 is 12.2 Å². The quantitative estimate of drug-likeness (QED) is 0.0343. The minimum absolute atomic E-state index is 0.0890. The molecule has 0 spiro atoms. The lowest BCUT2D eigenvalue weighted by atomic mass is 9.99. The van der Waals surface area contributed by atoms with E-state index in [0.717, 1.165) is 83.5 Å². The average Bonchev–Trinajstić information content (AvgIpc) is 3.03. The fourth-order valence-corrected chi connectivity index (χ4v) is 4.80. The molecule has 0 aliphatic heterocycles. The molecular weight excluding hydrogens is 592 g/mol. The molecule has 0 fully saturated rings. The first kappa shape index (κ1) is 43.3. The van der Waals surface area contributed by atoms with Crippen LogP contribution in [0.5, 0.6) is 0 Å². The van der Waals surface area contributed by atoms with Gasteiger partial charge in [-0.1, -0.05) is 78.6 Å². The Hall–Kier alpha value is -2.69. The summed E-state index contributed by atoms with van der Waals surface area (Å²) in [5, 5.41) is 16.1. The van der Waals surface area contributed by atoms with Gasteiger partial charge in [-0.3, -0.25) is 24.0 Å². The van der Waals surface area contributed by atoms with E-state index >= 15 is 0 Å². The Kier molecular flexibility index (Phi) is 29.1. The maximum absolute atomic E-state index is 12.4. The van der Waals surface area contributed by atoms with Crippen LogP contribution < -0.4 is 10.6 Å². The zero-order chi connectivity index (χ0) is 34.3. The summed E-state index contributed by atoms with van der Waals surface area (Å²) in [6.07, 6.45) is 14.5. The molecular formula is C35H64N2O9. The molecule has 0 aromatic rings. The molecule has 268 valence electrons. The Labute approximate surface area is 277 Å². The highest BCUT2D eigenvalue weighted by atomic mass is 16.6. The van der Waals surface area contributed by atoms with Gasteiger partial charge < -0.3 is 30.0 Å². The van der Waals surface area contributed by atoms with Crippen LogP contribution in [0.1, 0.15) is 162 Å². The lowest BCUT2D eigenvalue weighted by Gasteiger charge is -2.23. The van der Waals surface area contributed by atoms with E-state index in [1.54, 1.807) is 0 Å². The van der Waals surface area contributed by atoms with E-state index in [2.05, 4.69) is 17.6 Å². The van der Waals surface area contributed by atoms with Crippen LogP contribution in [0.3, 0.4) is 0 Å². The number of amides is 2. The summed E-state index contributed by atoms with van der Waals surface area (Å²) in [7, 11) is 0. The van der Waals surface area contributed by atoms with Crippen LogP contribution in [-0.4, -0.2) is 66.9 Å². The van der Waals surface area contributed by atoms with Crippen LogP contribution in [0.2, 0.25) is 0 Å². The van der Waals surface area contributed by atoms with Crippen molar-refractivity contribution >= 4 is 29.7 Å². The van der Waals surface area contributed by atoms with Gasteiger partial charge in [-0.25, -0.2) is 0 Å². The number of rotatable bonds is 31. The number of aliphatic hydroxyl groups is 1. The average molecular weight is 657 g/mol. The van der Waals surface area contributed by atoms with E-state index in [0.29, 0.717) is 45.3 Å². The van der Waals surface area contributed by atoms with Gasteiger partial charge in [0.05, 0.1) is 26.0 Å². The number of hydrogen-bond acceptors (Lipinski definition) is 9. The first-order valence-electron chi connectivity index (χ1n) is 18.0. The molecule has 46 heavy (non-hydrogen) atoms. The van der Waals surface area contributed by atoms with Crippen molar-refractivity contribution in [1.29, 1.82) is 0 Å². The van der Waals surface area contributed by atoms with Crippen LogP contribution in [0.4, 0.5) is 0 Å². The highest BCUT2D eigenvalue weighted by Gasteiger charge is 2.23. The zero-order valence-corrected chi connectivity index (χ0v) is 29.0. The minimum atomic E-state index is -0.684. The van der Waals surface area contributed by atoms with Crippen molar-refractivity contribution in [3.8, 4) is 0 Å². The standard InChI is InChI=1S/C35H64N2O9/c1-4-7-14-20-30(46-35(43)25-18-24-34(42)45-27-6-3)29(38)19-15-12-10-8-9-11-13-16-21-31(39)36-28-37-32(40)22-17-23-33(41)44-26-5-2/h29-30,38H,4-28H2,1-3H3,(H,36,39)(H,37,40). The molecule has 0 rings (SSSR count). The highest BCUT2D eigenvalue weighted by molar-refractivity contribution is 5.79. The van der Waals surface area contributed by atoms with Gasteiger partial charge >= 0.3 is 17.9 Å². The van der Waals surface area contributed by atoms with Crippen LogP contribution in [0.25, 0.3) is 0 Å². The van der Waals surface area contributed by atoms with Gasteiger partial charge in [0, 0.05) is 32.1 Å². The number of carbonyl (C=O) groups is 5. The minimum Gasteiger partial charge on any atom is -0.466 e. The lowest BCUT2D eigenvalue weighted by molar-refractivity contribution is -0.156. The topological polar surface area (TPSA) is 157 Å². The predicted octanol–water partition coefficient (Wildman–Crippen LogP) is 6.18. The molecule has 2 amide bonds.